The fourth-order valence-electron chi connectivity index (χ4n) is 4.10. The summed E-state index contributed by atoms with van der Waals surface area (Å²) < 4.78 is 17.7. The molecule has 8 heteroatoms. The second-order valence-electron chi connectivity index (χ2n) is 9.68. The van der Waals surface area contributed by atoms with Crippen LogP contribution in [0.15, 0.2) is 72.2 Å². The lowest BCUT2D eigenvalue weighted by Crippen LogP contribution is -2.31. The fraction of sp³-hybridized carbons (Fsp3) is 0.355. The topological polar surface area (TPSA) is 66.3 Å². The monoisotopic (exact) mass is 546 g/mol. The average molecular weight is 547 g/mol. The van der Waals surface area contributed by atoms with Gasteiger partial charge in [-0.05, 0) is 63.5 Å². The van der Waals surface area contributed by atoms with Gasteiger partial charge in [-0.15, -0.1) is 0 Å². The molecule has 2 heterocycles. The Balaban J connectivity index is 1.91. The van der Waals surface area contributed by atoms with E-state index in [1.807, 2.05) is 29.2 Å². The van der Waals surface area contributed by atoms with Crippen LogP contribution in [0.5, 0.6) is 0 Å². The molecule has 0 aliphatic heterocycles. The van der Waals surface area contributed by atoms with Crippen LogP contribution >= 0.6 is 0 Å². The van der Waals surface area contributed by atoms with Crippen LogP contribution in [0.25, 0.3) is 17.3 Å². The highest BCUT2D eigenvalue weighted by Crippen LogP contribution is 2.29. The number of pyridine rings is 1. The van der Waals surface area contributed by atoms with Gasteiger partial charge in [0, 0.05) is 50.7 Å². The van der Waals surface area contributed by atoms with Crippen LogP contribution in [0.1, 0.15) is 62.9 Å². The molecule has 208 valence electrons. The van der Waals surface area contributed by atoms with Gasteiger partial charge in [0.05, 0.1) is 17.6 Å². The van der Waals surface area contributed by atoms with E-state index in [-0.39, 0.29) is 0 Å². The van der Waals surface area contributed by atoms with Gasteiger partial charge in [-0.2, -0.15) is 5.10 Å². The second-order valence-corrected chi connectivity index (χ2v) is 11.4. The maximum absolute atomic E-state index is 12.4. The number of aromatic nitrogens is 3. The summed E-state index contributed by atoms with van der Waals surface area (Å²) in [5, 5.41) is 8.46. The van der Waals surface area contributed by atoms with Gasteiger partial charge in [-0.3, -0.25) is 4.31 Å². The molecule has 7 nitrogen and oxygen atoms in total. The first-order valence-corrected chi connectivity index (χ1v) is 14.5. The van der Waals surface area contributed by atoms with Crippen LogP contribution in [0.3, 0.4) is 0 Å². The van der Waals surface area contributed by atoms with E-state index in [2.05, 4.69) is 87.4 Å². The summed E-state index contributed by atoms with van der Waals surface area (Å²) in [5.41, 5.74) is 8.91. The van der Waals surface area contributed by atoms with Crippen molar-refractivity contribution in [2.75, 3.05) is 25.4 Å². The molecule has 1 N–H and O–H groups in total. The summed E-state index contributed by atoms with van der Waals surface area (Å²) in [6, 6.07) is 12.4. The number of hydrogen-bond acceptors (Lipinski definition) is 4. The van der Waals surface area contributed by atoms with Crippen LogP contribution < -0.4 is 9.62 Å². The van der Waals surface area contributed by atoms with Gasteiger partial charge in [0.1, 0.15) is 5.82 Å². The first kappa shape index (κ1) is 30.1. The summed E-state index contributed by atoms with van der Waals surface area (Å²) in [5.74, 6) is 0.662. The Labute approximate surface area is 236 Å². The Morgan fingerprint density at radius 3 is 2.36 bits per heavy atom. The second kappa shape index (κ2) is 14.1. The molecule has 3 rings (SSSR count). The van der Waals surface area contributed by atoms with Crippen molar-refractivity contribution in [3.8, 4) is 5.69 Å². The number of rotatable bonds is 12. The standard InChI is InChI=1S/C31H42N6OS/c1-9-12-29(32-20-25-15-18-31(33-21-25)36(8)39(38)35(6)7)27(11-3)28-22-34-37(30(28)19-23(4)10-2)26-16-13-24(5)14-17-26/h11-19,21-22,32H,9-10,20H2,1-8H3/b23-19+,27-11+,29-12+. The first-order chi connectivity index (χ1) is 18.7. The molecule has 0 saturated carbocycles. The average Bonchev–Trinajstić information content (AvgIpc) is 3.34. The molecule has 0 fully saturated rings. The van der Waals surface area contributed by atoms with Crippen molar-refractivity contribution >= 4 is 28.6 Å². The summed E-state index contributed by atoms with van der Waals surface area (Å²) in [6.07, 6.45) is 12.3. The number of hydrogen-bond donors (Lipinski definition) is 1. The van der Waals surface area contributed by atoms with Gasteiger partial charge in [-0.25, -0.2) is 18.2 Å². The lowest BCUT2D eigenvalue weighted by molar-refractivity contribution is 0.600. The predicted molar refractivity (Wildman–Crippen MR) is 166 cm³/mol. The molecular formula is C31H42N6OS. The van der Waals surface area contributed by atoms with Crippen LogP contribution in [0.4, 0.5) is 5.82 Å². The predicted octanol–water partition coefficient (Wildman–Crippen LogP) is 6.45. The molecule has 0 saturated heterocycles. The maximum atomic E-state index is 12.4. The van der Waals surface area contributed by atoms with Gasteiger partial charge >= 0.3 is 0 Å². The Bertz CT molecular complexity index is 1350. The van der Waals surface area contributed by atoms with E-state index in [0.29, 0.717) is 12.4 Å². The fourth-order valence-corrected chi connectivity index (χ4v) is 4.86. The molecule has 39 heavy (non-hydrogen) atoms. The molecule has 1 atom stereocenters. The minimum Gasteiger partial charge on any atom is -0.381 e. The van der Waals surface area contributed by atoms with Crippen molar-refractivity contribution in [1.82, 2.24) is 24.4 Å². The summed E-state index contributed by atoms with van der Waals surface area (Å²) in [7, 11) is 5.33. The molecule has 0 amide bonds. The van der Waals surface area contributed by atoms with E-state index < -0.39 is 11.2 Å². The van der Waals surface area contributed by atoms with Gasteiger partial charge in [0.25, 0.3) is 0 Å². The molecular weight excluding hydrogens is 504 g/mol. The number of nitrogens with one attached hydrogen (secondary N) is 1. The highest BCUT2D eigenvalue weighted by atomic mass is 32.2. The summed E-state index contributed by atoms with van der Waals surface area (Å²) in [4.78, 5) is 4.54. The number of aryl methyl sites for hydroxylation is 1. The van der Waals surface area contributed by atoms with E-state index in [4.69, 9.17) is 5.10 Å². The Morgan fingerprint density at radius 1 is 1.08 bits per heavy atom. The number of nitrogens with zero attached hydrogens (tertiary/aromatic N) is 5. The lowest BCUT2D eigenvalue weighted by Gasteiger charge is -2.21. The van der Waals surface area contributed by atoms with Crippen molar-refractivity contribution in [3.05, 3.63) is 94.6 Å². The summed E-state index contributed by atoms with van der Waals surface area (Å²) >= 11 is -1.28. The number of anilines is 1. The highest BCUT2D eigenvalue weighted by molar-refractivity contribution is 7.84. The van der Waals surface area contributed by atoms with Crippen LogP contribution in [-0.2, 0) is 17.7 Å². The van der Waals surface area contributed by atoms with E-state index in [9.17, 15) is 4.21 Å². The number of benzene rings is 1. The number of allylic oxidation sites excluding steroid dienone is 4. The Hall–Kier alpha value is -3.49. The molecule has 2 aromatic heterocycles. The SMILES string of the molecule is C/C=C(/C(=C\CC)NCc1ccc(N(C)S(=O)N(C)C)nc1)c1cnn(-c2ccc(C)cc2)c1/C=C(\C)CC. The summed E-state index contributed by atoms with van der Waals surface area (Å²) in [6.45, 7) is 11.3. The zero-order valence-corrected chi connectivity index (χ0v) is 25.3. The van der Waals surface area contributed by atoms with Crippen molar-refractivity contribution < 1.29 is 4.21 Å². The minimum absolute atomic E-state index is 0.613. The maximum Gasteiger partial charge on any atom is 0.199 e. The molecule has 0 spiro atoms. The van der Waals surface area contributed by atoms with Crippen molar-refractivity contribution in [2.45, 2.75) is 54.0 Å². The van der Waals surface area contributed by atoms with Crippen LogP contribution in [0, 0.1) is 6.92 Å². The van der Waals surface area contributed by atoms with E-state index in [1.54, 1.807) is 29.8 Å². The van der Waals surface area contributed by atoms with E-state index in [0.717, 1.165) is 46.6 Å². The largest absolute Gasteiger partial charge is 0.381 e. The van der Waals surface area contributed by atoms with Gasteiger partial charge in [0.2, 0.25) is 0 Å². The Morgan fingerprint density at radius 2 is 1.79 bits per heavy atom. The molecule has 0 bridgehead atoms. The van der Waals surface area contributed by atoms with Crippen LogP contribution in [0.2, 0.25) is 0 Å². The zero-order valence-electron chi connectivity index (χ0n) is 24.5. The zero-order chi connectivity index (χ0) is 28.5. The molecule has 1 unspecified atom stereocenters. The lowest BCUT2D eigenvalue weighted by atomic mass is 10.00. The molecule has 0 radical (unpaired) electrons. The molecule has 3 aromatic rings. The van der Waals surface area contributed by atoms with Crippen LogP contribution in [-0.4, -0.2) is 44.4 Å². The minimum atomic E-state index is -1.28. The highest BCUT2D eigenvalue weighted by Gasteiger charge is 2.18. The van der Waals surface area contributed by atoms with E-state index >= 15 is 0 Å². The third-order valence-corrected chi connectivity index (χ3v) is 7.74. The first-order valence-electron chi connectivity index (χ1n) is 13.4. The quantitative estimate of drug-likeness (QED) is 0.265. The third kappa shape index (κ3) is 7.55. The van der Waals surface area contributed by atoms with E-state index in [1.165, 1.54) is 11.1 Å². The smallest absolute Gasteiger partial charge is 0.199 e. The molecule has 0 aliphatic carbocycles. The van der Waals surface area contributed by atoms with Crippen molar-refractivity contribution in [2.24, 2.45) is 0 Å². The van der Waals surface area contributed by atoms with Crippen molar-refractivity contribution in [1.29, 1.82) is 0 Å². The van der Waals surface area contributed by atoms with Gasteiger partial charge in [-0.1, -0.05) is 55.3 Å². The Kier molecular flexibility index (Phi) is 10.8. The van der Waals surface area contributed by atoms with Crippen molar-refractivity contribution in [3.63, 3.8) is 0 Å². The van der Waals surface area contributed by atoms with Gasteiger partial charge in [0.15, 0.2) is 11.2 Å². The third-order valence-electron chi connectivity index (χ3n) is 6.46. The molecule has 1 aromatic carbocycles. The normalized spacial score (nSPS) is 13.6. The van der Waals surface area contributed by atoms with Gasteiger partial charge < -0.3 is 5.32 Å². The molecule has 0 aliphatic rings.